The number of amides is 1. The van der Waals surface area contributed by atoms with Crippen molar-refractivity contribution in [2.24, 2.45) is 0 Å². The van der Waals surface area contributed by atoms with Gasteiger partial charge >= 0.3 is 0 Å². The number of carbonyl (C=O) groups is 1. The van der Waals surface area contributed by atoms with Gasteiger partial charge in [-0.25, -0.2) is 0 Å². The molecule has 0 aromatic heterocycles. The van der Waals surface area contributed by atoms with E-state index in [-0.39, 0.29) is 23.7 Å². The molecule has 0 unspecified atom stereocenters. The van der Waals surface area contributed by atoms with Gasteiger partial charge in [-0.15, -0.1) is 12.4 Å². The summed E-state index contributed by atoms with van der Waals surface area (Å²) >= 11 is 3.48. The van der Waals surface area contributed by atoms with E-state index in [1.807, 2.05) is 7.05 Å². The summed E-state index contributed by atoms with van der Waals surface area (Å²) in [4.78, 5) is 12.0. The molecule has 0 bridgehead atoms. The topological polar surface area (TPSA) is 50.4 Å². The molecule has 0 atom stereocenters. The van der Waals surface area contributed by atoms with Crippen LogP contribution in [0.1, 0.15) is 31.2 Å². The van der Waals surface area contributed by atoms with Crippen LogP contribution >= 0.6 is 28.3 Å². The van der Waals surface area contributed by atoms with Crippen molar-refractivity contribution in [1.82, 2.24) is 10.6 Å². The average molecular weight is 406 g/mol. The molecule has 23 heavy (non-hydrogen) atoms. The van der Waals surface area contributed by atoms with Crippen LogP contribution in [-0.4, -0.2) is 39.3 Å². The molecule has 2 rings (SSSR count). The summed E-state index contributed by atoms with van der Waals surface area (Å²) < 4.78 is 6.60. The molecule has 0 spiro atoms. The molecule has 1 aliphatic rings. The van der Waals surface area contributed by atoms with Crippen LogP contribution in [-0.2, 0) is 14.9 Å². The predicted octanol–water partition coefficient (Wildman–Crippen LogP) is 3.03. The SMILES string of the molecule is CNCCCC(=O)NCC1(c2ccc(Br)cc2)CCOCC1.Cl. The van der Waals surface area contributed by atoms with E-state index in [1.165, 1.54) is 5.56 Å². The zero-order valence-electron chi connectivity index (χ0n) is 13.6. The first-order chi connectivity index (χ1) is 10.7. The fourth-order valence-corrected chi connectivity index (χ4v) is 3.18. The van der Waals surface area contributed by atoms with E-state index >= 15 is 0 Å². The number of ether oxygens (including phenoxy) is 1. The second-order valence-electron chi connectivity index (χ2n) is 5.88. The molecule has 1 heterocycles. The van der Waals surface area contributed by atoms with E-state index < -0.39 is 0 Å². The monoisotopic (exact) mass is 404 g/mol. The molecule has 1 aliphatic heterocycles. The highest BCUT2D eigenvalue weighted by molar-refractivity contribution is 9.10. The number of halogens is 2. The maximum absolute atomic E-state index is 12.0. The van der Waals surface area contributed by atoms with Gasteiger partial charge in [0.25, 0.3) is 0 Å². The van der Waals surface area contributed by atoms with Crippen LogP contribution in [0.15, 0.2) is 28.7 Å². The third-order valence-corrected chi connectivity index (χ3v) is 4.89. The summed E-state index contributed by atoms with van der Waals surface area (Å²) in [5.41, 5.74) is 1.28. The molecule has 1 saturated heterocycles. The third-order valence-electron chi connectivity index (χ3n) is 4.36. The Bertz CT molecular complexity index is 476. The van der Waals surface area contributed by atoms with Crippen LogP contribution in [0.4, 0.5) is 0 Å². The van der Waals surface area contributed by atoms with Crippen molar-refractivity contribution in [3.05, 3.63) is 34.3 Å². The summed E-state index contributed by atoms with van der Waals surface area (Å²) in [5, 5.41) is 6.20. The minimum Gasteiger partial charge on any atom is -0.381 e. The van der Waals surface area contributed by atoms with E-state index in [2.05, 4.69) is 50.8 Å². The lowest BCUT2D eigenvalue weighted by Gasteiger charge is -2.38. The molecule has 130 valence electrons. The molecule has 0 aliphatic carbocycles. The Balaban J connectivity index is 0.00000264. The number of hydrogen-bond acceptors (Lipinski definition) is 3. The third kappa shape index (κ3) is 6.07. The molecule has 6 heteroatoms. The van der Waals surface area contributed by atoms with Gasteiger partial charge in [-0.2, -0.15) is 0 Å². The van der Waals surface area contributed by atoms with Crippen LogP contribution < -0.4 is 10.6 Å². The molecule has 1 aromatic carbocycles. The average Bonchev–Trinajstić information content (AvgIpc) is 2.55. The Morgan fingerprint density at radius 2 is 1.91 bits per heavy atom. The number of nitrogens with one attached hydrogen (secondary N) is 2. The first-order valence-corrected chi connectivity index (χ1v) is 8.71. The molecule has 0 radical (unpaired) electrons. The molecule has 0 saturated carbocycles. The van der Waals surface area contributed by atoms with Gasteiger partial charge in [0.15, 0.2) is 0 Å². The van der Waals surface area contributed by atoms with E-state index in [0.29, 0.717) is 13.0 Å². The van der Waals surface area contributed by atoms with Crippen molar-refractivity contribution in [3.8, 4) is 0 Å². The molecule has 1 amide bonds. The molecule has 1 aromatic rings. The number of rotatable bonds is 7. The maximum atomic E-state index is 12.0. The Morgan fingerprint density at radius 3 is 2.52 bits per heavy atom. The van der Waals surface area contributed by atoms with Crippen LogP contribution in [0, 0.1) is 0 Å². The molecular weight excluding hydrogens is 380 g/mol. The van der Waals surface area contributed by atoms with Gasteiger partial charge in [0.1, 0.15) is 0 Å². The van der Waals surface area contributed by atoms with Crippen molar-refractivity contribution < 1.29 is 9.53 Å². The van der Waals surface area contributed by atoms with Crippen molar-refractivity contribution >= 4 is 34.2 Å². The van der Waals surface area contributed by atoms with Gasteiger partial charge in [0, 0.05) is 36.1 Å². The minimum absolute atomic E-state index is 0. The van der Waals surface area contributed by atoms with E-state index in [1.54, 1.807) is 0 Å². The Labute approximate surface area is 153 Å². The smallest absolute Gasteiger partial charge is 0.220 e. The summed E-state index contributed by atoms with van der Waals surface area (Å²) in [5.74, 6) is 0.137. The second-order valence-corrected chi connectivity index (χ2v) is 6.80. The number of carbonyl (C=O) groups excluding carboxylic acids is 1. The largest absolute Gasteiger partial charge is 0.381 e. The van der Waals surface area contributed by atoms with E-state index in [9.17, 15) is 4.79 Å². The van der Waals surface area contributed by atoms with Crippen LogP contribution in [0.3, 0.4) is 0 Å². The highest BCUT2D eigenvalue weighted by Gasteiger charge is 2.34. The standard InChI is InChI=1S/C17H25BrN2O2.ClH/c1-19-10-2-3-16(21)20-13-17(8-11-22-12-9-17)14-4-6-15(18)7-5-14;/h4-7,19H,2-3,8-13H2,1H3,(H,20,21);1H. The molecular formula is C17H26BrClN2O2. The van der Waals surface area contributed by atoms with Crippen LogP contribution in [0.25, 0.3) is 0 Å². The van der Waals surface area contributed by atoms with Crippen molar-refractivity contribution in [2.45, 2.75) is 31.1 Å². The lowest BCUT2D eigenvalue weighted by molar-refractivity contribution is -0.121. The van der Waals surface area contributed by atoms with Crippen molar-refractivity contribution in [2.75, 3.05) is 33.4 Å². The minimum atomic E-state index is -0.00236. The van der Waals surface area contributed by atoms with E-state index in [4.69, 9.17) is 4.74 Å². The quantitative estimate of drug-likeness (QED) is 0.686. The fraction of sp³-hybridized carbons (Fsp3) is 0.588. The van der Waals surface area contributed by atoms with Crippen molar-refractivity contribution in [3.63, 3.8) is 0 Å². The Kier molecular flexibility index (Phi) is 9.14. The second kappa shape index (κ2) is 10.3. The number of benzene rings is 1. The lowest BCUT2D eigenvalue weighted by atomic mass is 9.74. The van der Waals surface area contributed by atoms with Gasteiger partial charge in [0.05, 0.1) is 0 Å². The fourth-order valence-electron chi connectivity index (χ4n) is 2.91. The Hall–Kier alpha value is -0.620. The maximum Gasteiger partial charge on any atom is 0.220 e. The number of hydrogen-bond donors (Lipinski definition) is 2. The summed E-state index contributed by atoms with van der Waals surface area (Å²) in [7, 11) is 1.91. The van der Waals surface area contributed by atoms with Crippen molar-refractivity contribution in [1.29, 1.82) is 0 Å². The predicted molar refractivity (Wildman–Crippen MR) is 99.3 cm³/mol. The first-order valence-electron chi connectivity index (χ1n) is 7.91. The van der Waals surface area contributed by atoms with Gasteiger partial charge in [-0.1, -0.05) is 28.1 Å². The van der Waals surface area contributed by atoms with Crippen LogP contribution in [0.2, 0.25) is 0 Å². The Morgan fingerprint density at radius 1 is 1.26 bits per heavy atom. The lowest BCUT2D eigenvalue weighted by Crippen LogP contribution is -2.44. The van der Waals surface area contributed by atoms with Gasteiger partial charge < -0.3 is 15.4 Å². The highest BCUT2D eigenvalue weighted by Crippen LogP contribution is 2.34. The first kappa shape index (κ1) is 20.4. The van der Waals surface area contributed by atoms with Gasteiger partial charge in [0.2, 0.25) is 5.91 Å². The van der Waals surface area contributed by atoms with Gasteiger partial charge in [-0.3, -0.25) is 4.79 Å². The molecule has 2 N–H and O–H groups in total. The normalized spacial score (nSPS) is 16.4. The molecule has 4 nitrogen and oxygen atoms in total. The zero-order valence-corrected chi connectivity index (χ0v) is 16.0. The van der Waals surface area contributed by atoms with E-state index in [0.717, 1.165) is 43.5 Å². The van der Waals surface area contributed by atoms with Gasteiger partial charge in [-0.05, 0) is 50.6 Å². The molecule has 1 fully saturated rings. The van der Waals surface area contributed by atoms with Crippen LogP contribution in [0.5, 0.6) is 0 Å². The zero-order chi connectivity index (χ0) is 15.8. The summed E-state index contributed by atoms with van der Waals surface area (Å²) in [6.45, 7) is 3.08. The highest BCUT2D eigenvalue weighted by atomic mass is 79.9. The summed E-state index contributed by atoms with van der Waals surface area (Å²) in [6, 6.07) is 8.45. The summed E-state index contributed by atoms with van der Waals surface area (Å²) in [6.07, 6.45) is 3.35.